The van der Waals surface area contributed by atoms with Gasteiger partial charge in [0.2, 0.25) is 0 Å². The van der Waals surface area contributed by atoms with Gasteiger partial charge in [-0.05, 0) is 45.1 Å². The first kappa shape index (κ1) is 21.6. The zero-order chi connectivity index (χ0) is 22.0. The molecule has 4 rings (SSSR count). The Morgan fingerprint density at radius 3 is 2.68 bits per heavy atom. The van der Waals surface area contributed by atoms with E-state index in [0.717, 1.165) is 13.0 Å². The van der Waals surface area contributed by atoms with Crippen LogP contribution in [0.3, 0.4) is 0 Å². The summed E-state index contributed by atoms with van der Waals surface area (Å²) in [5, 5.41) is 8.20. The fourth-order valence-corrected chi connectivity index (χ4v) is 4.08. The van der Waals surface area contributed by atoms with Gasteiger partial charge in [-0.2, -0.15) is 5.10 Å². The minimum Gasteiger partial charge on any atom is -0.444 e. The van der Waals surface area contributed by atoms with E-state index in [1.807, 2.05) is 31.6 Å². The third-order valence-electron chi connectivity index (χ3n) is 5.94. The zero-order valence-electron chi connectivity index (χ0n) is 19.0. The van der Waals surface area contributed by atoms with Gasteiger partial charge in [0.1, 0.15) is 5.60 Å². The predicted molar refractivity (Wildman–Crippen MR) is 123 cm³/mol. The van der Waals surface area contributed by atoms with Crippen LogP contribution in [-0.4, -0.2) is 45.5 Å². The normalized spacial score (nSPS) is 21.7. The lowest BCUT2D eigenvalue weighted by molar-refractivity contribution is -0.000396. The van der Waals surface area contributed by atoms with Crippen LogP contribution in [0, 0.1) is 5.92 Å². The lowest BCUT2D eigenvalue weighted by Crippen LogP contribution is -2.52. The van der Waals surface area contributed by atoms with Gasteiger partial charge >= 0.3 is 6.09 Å². The van der Waals surface area contributed by atoms with Gasteiger partial charge in [0.25, 0.3) is 0 Å². The Morgan fingerprint density at radius 1 is 1.26 bits per heavy atom. The number of ether oxygens (including phenoxy) is 1. The first-order valence-electron chi connectivity index (χ1n) is 11.3. The highest BCUT2D eigenvalue weighted by Gasteiger charge is 2.39. The minimum atomic E-state index is -0.457. The highest BCUT2D eigenvalue weighted by Crippen LogP contribution is 2.40. The Kier molecular flexibility index (Phi) is 6.19. The smallest absolute Gasteiger partial charge is 0.410 e. The molecular weight excluding hydrogens is 388 g/mol. The summed E-state index contributed by atoms with van der Waals surface area (Å²) in [6, 6.07) is 11.4. The molecule has 1 aliphatic heterocycles. The molecule has 1 aromatic carbocycles. The summed E-state index contributed by atoms with van der Waals surface area (Å²) in [5.41, 5.74) is 3.54. The highest BCUT2D eigenvalue weighted by molar-refractivity contribution is 5.69. The summed E-state index contributed by atoms with van der Waals surface area (Å²) >= 11 is 0. The number of carbonyl (C=O) groups is 1. The van der Waals surface area contributed by atoms with Crippen molar-refractivity contribution in [1.82, 2.24) is 20.0 Å². The van der Waals surface area contributed by atoms with Crippen LogP contribution in [0.15, 0.2) is 48.3 Å². The molecule has 6 nitrogen and oxygen atoms in total. The maximum atomic E-state index is 12.1. The molecular formula is C25H34N4O2. The molecule has 2 aliphatic rings. The van der Waals surface area contributed by atoms with E-state index in [1.54, 1.807) is 4.90 Å². The summed E-state index contributed by atoms with van der Waals surface area (Å²) in [4.78, 5) is 13.8. The molecule has 6 heteroatoms. The molecule has 1 saturated carbocycles. The molecule has 1 saturated heterocycles. The molecule has 1 N–H and O–H groups in total. The molecule has 0 bridgehead atoms. The van der Waals surface area contributed by atoms with E-state index in [1.165, 1.54) is 23.1 Å². The van der Waals surface area contributed by atoms with E-state index in [9.17, 15) is 4.79 Å². The van der Waals surface area contributed by atoms with Crippen molar-refractivity contribution in [3.8, 4) is 0 Å². The molecule has 2 atom stereocenters. The molecule has 2 fully saturated rings. The molecule has 1 aromatic heterocycles. The lowest BCUT2D eigenvalue weighted by Gasteiger charge is -2.39. The quantitative estimate of drug-likeness (QED) is 0.706. The Hall–Kier alpha value is -2.60. The zero-order valence-corrected chi connectivity index (χ0v) is 19.0. The van der Waals surface area contributed by atoms with Gasteiger partial charge in [0, 0.05) is 37.4 Å². The van der Waals surface area contributed by atoms with Crippen LogP contribution in [0.25, 0.3) is 6.08 Å². The molecule has 2 heterocycles. The van der Waals surface area contributed by atoms with E-state index in [0.29, 0.717) is 25.0 Å². The Morgan fingerprint density at radius 2 is 2.00 bits per heavy atom. The topological polar surface area (TPSA) is 59.4 Å². The van der Waals surface area contributed by atoms with Crippen molar-refractivity contribution in [2.75, 3.05) is 13.1 Å². The van der Waals surface area contributed by atoms with Crippen molar-refractivity contribution in [3.63, 3.8) is 0 Å². The molecule has 166 valence electrons. The van der Waals surface area contributed by atoms with Gasteiger partial charge in [-0.1, -0.05) is 48.9 Å². The molecule has 0 radical (unpaired) electrons. The van der Waals surface area contributed by atoms with Gasteiger partial charge in [-0.3, -0.25) is 4.68 Å². The van der Waals surface area contributed by atoms with E-state index in [-0.39, 0.29) is 12.1 Å². The second-order valence-electron chi connectivity index (χ2n) is 9.68. The number of hydrogen-bond acceptors (Lipinski definition) is 4. The van der Waals surface area contributed by atoms with Crippen molar-refractivity contribution in [2.24, 2.45) is 5.92 Å². The summed E-state index contributed by atoms with van der Waals surface area (Å²) in [7, 11) is 0. The largest absolute Gasteiger partial charge is 0.444 e. The number of likely N-dealkylation sites (tertiary alicyclic amines) is 1. The number of rotatable bonds is 7. The van der Waals surface area contributed by atoms with Crippen molar-refractivity contribution >= 4 is 12.2 Å². The van der Waals surface area contributed by atoms with E-state index in [2.05, 4.69) is 59.9 Å². The molecule has 1 amide bonds. The molecule has 1 aliphatic carbocycles. The van der Waals surface area contributed by atoms with E-state index < -0.39 is 5.60 Å². The fourth-order valence-electron chi connectivity index (χ4n) is 4.08. The van der Waals surface area contributed by atoms with Gasteiger partial charge in [-0.25, -0.2) is 4.79 Å². The van der Waals surface area contributed by atoms with Crippen LogP contribution < -0.4 is 5.32 Å². The SMILES string of the molecule is CC/C(=C\c1ccccc1)C1CC1NCc1cnn(C2CN(C(=O)OC(C)(C)C)C2)c1. The maximum absolute atomic E-state index is 12.1. The first-order chi connectivity index (χ1) is 14.8. The molecule has 2 aromatic rings. The number of hydrogen-bond donors (Lipinski definition) is 1. The number of nitrogens with zero attached hydrogens (tertiary/aromatic N) is 3. The third kappa shape index (κ3) is 5.56. The van der Waals surface area contributed by atoms with E-state index >= 15 is 0 Å². The van der Waals surface area contributed by atoms with Crippen LogP contribution in [0.1, 0.15) is 57.7 Å². The number of aromatic nitrogens is 2. The maximum Gasteiger partial charge on any atom is 0.410 e. The van der Waals surface area contributed by atoms with Crippen LogP contribution in [-0.2, 0) is 11.3 Å². The van der Waals surface area contributed by atoms with Crippen LogP contribution in [0.4, 0.5) is 4.79 Å². The number of amides is 1. The Balaban J connectivity index is 1.23. The average Bonchev–Trinajstić information content (AvgIpc) is 3.31. The highest BCUT2D eigenvalue weighted by atomic mass is 16.6. The number of nitrogens with one attached hydrogen (secondary N) is 1. The van der Waals surface area contributed by atoms with Gasteiger partial charge in [0.15, 0.2) is 0 Å². The van der Waals surface area contributed by atoms with Crippen molar-refractivity contribution in [2.45, 2.75) is 64.8 Å². The van der Waals surface area contributed by atoms with Crippen LogP contribution in [0.2, 0.25) is 0 Å². The van der Waals surface area contributed by atoms with Crippen LogP contribution in [0.5, 0.6) is 0 Å². The second-order valence-corrected chi connectivity index (χ2v) is 9.68. The summed E-state index contributed by atoms with van der Waals surface area (Å²) in [6.45, 7) is 10.0. The number of benzene rings is 1. The van der Waals surface area contributed by atoms with Crippen molar-refractivity contribution in [1.29, 1.82) is 0 Å². The summed E-state index contributed by atoms with van der Waals surface area (Å²) in [5.74, 6) is 0.634. The molecule has 0 spiro atoms. The third-order valence-corrected chi connectivity index (χ3v) is 5.94. The Bertz CT molecular complexity index is 922. The van der Waals surface area contributed by atoms with Gasteiger partial charge in [-0.15, -0.1) is 0 Å². The molecule has 2 unspecified atom stereocenters. The summed E-state index contributed by atoms with van der Waals surface area (Å²) in [6.07, 6.45) is 8.42. The Labute approximate surface area is 185 Å². The average molecular weight is 423 g/mol. The predicted octanol–water partition coefficient (Wildman–Crippen LogP) is 4.65. The standard InChI is InChI=1S/C25H34N4O2/c1-5-20(11-18-9-7-6-8-10-18)22-12-23(22)26-13-19-14-27-29(15-19)21-16-28(17-21)24(30)31-25(2,3)4/h6-11,14-15,21-23,26H,5,12-13,16-17H2,1-4H3/b20-11+. The molecule has 31 heavy (non-hydrogen) atoms. The number of carbonyl (C=O) groups excluding carboxylic acids is 1. The summed E-state index contributed by atoms with van der Waals surface area (Å²) < 4.78 is 7.40. The van der Waals surface area contributed by atoms with Crippen LogP contribution >= 0.6 is 0 Å². The second kappa shape index (κ2) is 8.87. The van der Waals surface area contributed by atoms with E-state index in [4.69, 9.17) is 4.74 Å². The van der Waals surface area contributed by atoms with Gasteiger partial charge in [0.05, 0.1) is 12.2 Å². The van der Waals surface area contributed by atoms with Crippen molar-refractivity contribution in [3.05, 3.63) is 59.4 Å². The first-order valence-corrected chi connectivity index (χ1v) is 11.3. The fraction of sp³-hybridized carbons (Fsp3) is 0.520. The minimum absolute atomic E-state index is 0.232. The monoisotopic (exact) mass is 422 g/mol. The van der Waals surface area contributed by atoms with Gasteiger partial charge < -0.3 is 15.0 Å². The van der Waals surface area contributed by atoms with Crippen molar-refractivity contribution < 1.29 is 9.53 Å². The lowest BCUT2D eigenvalue weighted by atomic mass is 10.0.